The molecule has 2 rings (SSSR count). The first-order valence-corrected chi connectivity index (χ1v) is 6.31. The Balaban J connectivity index is 2.58. The number of rotatable bonds is 1. The molecule has 0 radical (unpaired) electrons. The molecule has 1 aromatic rings. The number of hydrogen-bond acceptors (Lipinski definition) is 2. The molecule has 2 nitrogen and oxygen atoms in total. The fraction of sp³-hybridized carbons (Fsp3) is 0.455. The number of halogens is 1. The maximum absolute atomic E-state index is 13.5. The van der Waals surface area contributed by atoms with Crippen LogP contribution in [0.1, 0.15) is 18.5 Å². The Hall–Kier alpha value is -0.740. The summed E-state index contributed by atoms with van der Waals surface area (Å²) in [6.45, 7) is 2.03. The van der Waals surface area contributed by atoms with E-state index in [9.17, 15) is 8.60 Å². The highest BCUT2D eigenvalue weighted by molar-refractivity contribution is 7.85. The van der Waals surface area contributed by atoms with Gasteiger partial charge in [-0.25, -0.2) is 4.39 Å². The molecule has 0 aliphatic carbocycles. The number of fused-ring (bicyclic) bond motifs is 1. The third-order valence-corrected chi connectivity index (χ3v) is 4.57. The molecule has 1 heterocycles. The summed E-state index contributed by atoms with van der Waals surface area (Å²) in [5, 5.41) is 3.16. The Morgan fingerprint density at radius 1 is 1.53 bits per heavy atom. The molecule has 0 bridgehead atoms. The molecule has 0 aromatic heterocycles. The molecule has 0 fully saturated rings. The zero-order valence-electron chi connectivity index (χ0n) is 8.79. The molecular formula is C11H14FNOS. The third kappa shape index (κ3) is 1.72. The van der Waals surface area contributed by atoms with Crippen LogP contribution >= 0.6 is 0 Å². The van der Waals surface area contributed by atoms with Gasteiger partial charge in [0.25, 0.3) is 0 Å². The predicted octanol–water partition coefficient (Wildman–Crippen LogP) is 1.84. The molecule has 1 aliphatic heterocycles. The first-order valence-electron chi connectivity index (χ1n) is 4.99. The molecule has 0 amide bonds. The summed E-state index contributed by atoms with van der Waals surface area (Å²) in [7, 11) is 0.657. The van der Waals surface area contributed by atoms with Gasteiger partial charge in [0.15, 0.2) is 0 Å². The van der Waals surface area contributed by atoms with Crippen molar-refractivity contribution in [1.82, 2.24) is 5.32 Å². The van der Waals surface area contributed by atoms with Gasteiger partial charge in [-0.15, -0.1) is 0 Å². The minimum Gasteiger partial charge on any atom is -0.313 e. The zero-order chi connectivity index (χ0) is 11.0. The quantitative estimate of drug-likeness (QED) is 0.793. The van der Waals surface area contributed by atoms with Gasteiger partial charge in [-0.2, -0.15) is 0 Å². The van der Waals surface area contributed by atoms with Gasteiger partial charge in [-0.1, -0.05) is 19.1 Å². The standard InChI is InChI=1S/C11H14FNOS/c1-7-6-15(14)11-8(10(7)13-2)4-3-5-9(11)12/h3-5,7,10,13H,6H2,1-2H3. The van der Waals surface area contributed by atoms with Crippen LogP contribution < -0.4 is 5.32 Å². The summed E-state index contributed by atoms with van der Waals surface area (Å²) in [4.78, 5) is 0.384. The normalized spacial score (nSPS) is 29.9. The molecular weight excluding hydrogens is 213 g/mol. The highest BCUT2D eigenvalue weighted by Crippen LogP contribution is 2.34. The van der Waals surface area contributed by atoms with Crippen molar-refractivity contribution in [1.29, 1.82) is 0 Å². The summed E-state index contributed by atoms with van der Waals surface area (Å²) in [6.07, 6.45) is 0. The minimum absolute atomic E-state index is 0.105. The van der Waals surface area contributed by atoms with E-state index in [0.717, 1.165) is 5.56 Å². The van der Waals surface area contributed by atoms with E-state index in [0.29, 0.717) is 10.6 Å². The Labute approximate surface area is 91.3 Å². The summed E-state index contributed by atoms with van der Waals surface area (Å²) in [5.41, 5.74) is 0.842. The van der Waals surface area contributed by atoms with E-state index in [1.165, 1.54) is 6.07 Å². The van der Waals surface area contributed by atoms with Crippen LogP contribution in [0.25, 0.3) is 0 Å². The van der Waals surface area contributed by atoms with Crippen LogP contribution in [0.15, 0.2) is 23.1 Å². The van der Waals surface area contributed by atoms with E-state index in [1.54, 1.807) is 6.07 Å². The van der Waals surface area contributed by atoms with Gasteiger partial charge in [0.05, 0.1) is 15.7 Å². The second-order valence-corrected chi connectivity index (χ2v) is 5.35. The Kier molecular flexibility index (Phi) is 2.89. The average Bonchev–Trinajstić information content (AvgIpc) is 2.17. The van der Waals surface area contributed by atoms with E-state index in [2.05, 4.69) is 5.32 Å². The molecule has 82 valence electrons. The summed E-state index contributed by atoms with van der Waals surface area (Å²) in [5.74, 6) is 0.447. The third-order valence-electron chi connectivity index (χ3n) is 2.85. The lowest BCUT2D eigenvalue weighted by Gasteiger charge is -2.30. The van der Waals surface area contributed by atoms with E-state index >= 15 is 0 Å². The van der Waals surface area contributed by atoms with E-state index in [1.807, 2.05) is 20.0 Å². The maximum Gasteiger partial charge on any atom is 0.139 e. The summed E-state index contributed by atoms with van der Waals surface area (Å²) in [6, 6.07) is 5.01. The topological polar surface area (TPSA) is 29.1 Å². The molecule has 1 aromatic carbocycles. The van der Waals surface area contributed by atoms with E-state index in [4.69, 9.17) is 0 Å². The molecule has 0 spiro atoms. The summed E-state index contributed by atoms with van der Waals surface area (Å²) < 4.78 is 25.4. The largest absolute Gasteiger partial charge is 0.313 e. The monoisotopic (exact) mass is 227 g/mol. The Morgan fingerprint density at radius 2 is 2.27 bits per heavy atom. The van der Waals surface area contributed by atoms with Crippen LogP contribution in [0, 0.1) is 11.7 Å². The highest BCUT2D eigenvalue weighted by Gasteiger charge is 2.31. The van der Waals surface area contributed by atoms with Crippen molar-refractivity contribution >= 4 is 10.8 Å². The van der Waals surface area contributed by atoms with Crippen molar-refractivity contribution in [2.75, 3.05) is 12.8 Å². The van der Waals surface area contributed by atoms with Crippen LogP contribution in [0.3, 0.4) is 0 Å². The minimum atomic E-state index is -1.19. The lowest BCUT2D eigenvalue weighted by Crippen LogP contribution is -2.32. The average molecular weight is 227 g/mol. The van der Waals surface area contributed by atoms with Crippen molar-refractivity contribution in [2.45, 2.75) is 17.9 Å². The molecule has 0 saturated carbocycles. The van der Waals surface area contributed by atoms with Crippen LogP contribution in [0.4, 0.5) is 4.39 Å². The molecule has 0 saturated heterocycles. The van der Waals surface area contributed by atoms with Crippen molar-refractivity contribution in [3.8, 4) is 0 Å². The summed E-state index contributed by atoms with van der Waals surface area (Å²) >= 11 is 0. The lowest BCUT2D eigenvalue weighted by molar-refractivity contribution is 0.423. The first kappa shape index (κ1) is 10.8. The molecule has 1 N–H and O–H groups in total. The van der Waals surface area contributed by atoms with Gasteiger partial charge in [0.1, 0.15) is 5.82 Å². The fourth-order valence-electron chi connectivity index (χ4n) is 2.18. The molecule has 4 heteroatoms. The second-order valence-electron chi connectivity index (χ2n) is 3.91. The van der Waals surface area contributed by atoms with Crippen LogP contribution in [0.5, 0.6) is 0 Å². The van der Waals surface area contributed by atoms with Gasteiger partial charge in [0, 0.05) is 11.8 Å². The lowest BCUT2D eigenvalue weighted by atomic mass is 9.95. The van der Waals surface area contributed by atoms with Crippen molar-refractivity contribution in [2.24, 2.45) is 5.92 Å². The van der Waals surface area contributed by atoms with Gasteiger partial charge in [-0.3, -0.25) is 4.21 Å². The van der Waals surface area contributed by atoms with Crippen LogP contribution in [0.2, 0.25) is 0 Å². The van der Waals surface area contributed by atoms with Crippen LogP contribution in [-0.4, -0.2) is 17.0 Å². The van der Waals surface area contributed by atoms with Gasteiger partial charge in [0.2, 0.25) is 0 Å². The molecule has 3 atom stereocenters. The molecule has 1 aliphatic rings. The van der Waals surface area contributed by atoms with E-state index in [-0.39, 0.29) is 17.8 Å². The number of hydrogen-bond donors (Lipinski definition) is 1. The first-order chi connectivity index (χ1) is 7.15. The van der Waals surface area contributed by atoms with Gasteiger partial charge in [-0.05, 0) is 24.6 Å². The van der Waals surface area contributed by atoms with Crippen molar-refractivity contribution in [3.63, 3.8) is 0 Å². The van der Waals surface area contributed by atoms with Crippen molar-refractivity contribution in [3.05, 3.63) is 29.6 Å². The smallest absolute Gasteiger partial charge is 0.139 e. The van der Waals surface area contributed by atoms with Gasteiger partial charge >= 0.3 is 0 Å². The maximum atomic E-state index is 13.5. The van der Waals surface area contributed by atoms with Gasteiger partial charge < -0.3 is 5.32 Å². The highest BCUT2D eigenvalue weighted by atomic mass is 32.2. The predicted molar refractivity (Wildman–Crippen MR) is 58.6 cm³/mol. The van der Waals surface area contributed by atoms with Crippen LogP contribution in [-0.2, 0) is 10.8 Å². The molecule has 15 heavy (non-hydrogen) atoms. The van der Waals surface area contributed by atoms with E-state index < -0.39 is 10.8 Å². The number of benzene rings is 1. The Bertz CT molecular complexity index is 408. The number of nitrogens with one attached hydrogen (secondary N) is 1. The second kappa shape index (κ2) is 4.02. The Morgan fingerprint density at radius 3 is 2.93 bits per heavy atom. The van der Waals surface area contributed by atoms with Crippen molar-refractivity contribution < 1.29 is 8.60 Å². The fourth-order valence-corrected chi connectivity index (χ4v) is 3.76. The SMILES string of the molecule is CNC1c2cccc(F)c2S(=O)CC1C. The molecule has 3 unspecified atom stereocenters. The zero-order valence-corrected chi connectivity index (χ0v) is 9.60.